The van der Waals surface area contributed by atoms with Crippen LogP contribution in [0.1, 0.15) is 42.3 Å². The van der Waals surface area contributed by atoms with Crippen molar-refractivity contribution in [1.29, 1.82) is 0 Å². The highest BCUT2D eigenvalue weighted by Crippen LogP contribution is 2.28. The normalized spacial score (nSPS) is 11.5. The Bertz CT molecular complexity index is 391. The molecule has 0 heterocycles. The molecule has 1 aromatic carbocycles. The summed E-state index contributed by atoms with van der Waals surface area (Å²) < 4.78 is 0.234. The molecular formula is C13H18O2S. The van der Waals surface area contributed by atoms with Gasteiger partial charge in [-0.3, -0.25) is 0 Å². The Balaban J connectivity index is 2.80. The Labute approximate surface area is 101 Å². The summed E-state index contributed by atoms with van der Waals surface area (Å²) in [6.45, 7) is 8.50. The summed E-state index contributed by atoms with van der Waals surface area (Å²) in [6, 6.07) is 5.33. The summed E-state index contributed by atoms with van der Waals surface area (Å²) in [7, 11) is 0. The molecule has 0 bridgehead atoms. The maximum atomic E-state index is 10.8. The SMILES string of the molecule is Cc1cc(C(=O)O)ccc1CSC(C)(C)C. The lowest BCUT2D eigenvalue weighted by Crippen LogP contribution is -2.08. The second-order valence-electron chi connectivity index (χ2n) is 4.85. The molecule has 0 spiro atoms. The van der Waals surface area contributed by atoms with E-state index in [4.69, 9.17) is 5.11 Å². The molecule has 1 aromatic rings. The van der Waals surface area contributed by atoms with Gasteiger partial charge >= 0.3 is 5.97 Å². The average molecular weight is 238 g/mol. The Morgan fingerprint density at radius 2 is 2.00 bits per heavy atom. The summed E-state index contributed by atoms with van der Waals surface area (Å²) in [6.07, 6.45) is 0. The standard InChI is InChI=1S/C13H18O2S/c1-9-7-10(12(14)15)5-6-11(9)8-16-13(2,3)4/h5-7H,8H2,1-4H3,(H,14,15). The van der Waals surface area contributed by atoms with Gasteiger partial charge in [-0.2, -0.15) is 11.8 Å². The number of hydrogen-bond acceptors (Lipinski definition) is 2. The number of aryl methyl sites for hydroxylation is 1. The monoisotopic (exact) mass is 238 g/mol. The Hall–Kier alpha value is -0.960. The molecule has 0 aliphatic rings. The van der Waals surface area contributed by atoms with Gasteiger partial charge in [0.2, 0.25) is 0 Å². The molecule has 1 N–H and O–H groups in total. The van der Waals surface area contributed by atoms with E-state index in [-0.39, 0.29) is 4.75 Å². The summed E-state index contributed by atoms with van der Waals surface area (Å²) in [5.74, 6) is 0.0630. The molecule has 3 heteroatoms. The van der Waals surface area contributed by atoms with E-state index in [1.807, 2.05) is 24.8 Å². The molecule has 0 aliphatic heterocycles. The zero-order valence-corrected chi connectivity index (χ0v) is 11.0. The van der Waals surface area contributed by atoms with Crippen molar-refractivity contribution in [1.82, 2.24) is 0 Å². The topological polar surface area (TPSA) is 37.3 Å². The molecule has 1 rings (SSSR count). The van der Waals surface area contributed by atoms with E-state index >= 15 is 0 Å². The molecule has 0 fully saturated rings. The average Bonchev–Trinajstić information content (AvgIpc) is 2.14. The number of carbonyl (C=O) groups is 1. The minimum atomic E-state index is -0.863. The van der Waals surface area contributed by atoms with E-state index in [9.17, 15) is 4.79 Å². The molecular weight excluding hydrogens is 220 g/mol. The first-order valence-corrected chi connectivity index (χ1v) is 6.25. The molecule has 0 aliphatic carbocycles. The summed E-state index contributed by atoms with van der Waals surface area (Å²) in [5.41, 5.74) is 2.63. The summed E-state index contributed by atoms with van der Waals surface area (Å²) >= 11 is 1.87. The van der Waals surface area contributed by atoms with Gasteiger partial charge in [-0.25, -0.2) is 4.79 Å². The molecule has 0 saturated carbocycles. The predicted octanol–water partition coefficient (Wildman–Crippen LogP) is 3.72. The Morgan fingerprint density at radius 1 is 1.38 bits per heavy atom. The largest absolute Gasteiger partial charge is 0.478 e. The number of carboxylic acids is 1. The van der Waals surface area contributed by atoms with Crippen LogP contribution >= 0.6 is 11.8 Å². The fourth-order valence-corrected chi connectivity index (χ4v) is 2.20. The second kappa shape index (κ2) is 4.91. The minimum absolute atomic E-state index is 0.234. The van der Waals surface area contributed by atoms with Crippen LogP contribution in [0.25, 0.3) is 0 Å². The van der Waals surface area contributed by atoms with Crippen molar-refractivity contribution in [2.24, 2.45) is 0 Å². The van der Waals surface area contributed by atoms with E-state index in [0.717, 1.165) is 11.3 Å². The van der Waals surface area contributed by atoms with Crippen molar-refractivity contribution in [3.8, 4) is 0 Å². The molecule has 0 saturated heterocycles. The van der Waals surface area contributed by atoms with Crippen LogP contribution in [0.5, 0.6) is 0 Å². The van der Waals surface area contributed by atoms with Crippen LogP contribution in [0.2, 0.25) is 0 Å². The quantitative estimate of drug-likeness (QED) is 0.872. The van der Waals surface area contributed by atoms with Gasteiger partial charge in [0.15, 0.2) is 0 Å². The third-order valence-electron chi connectivity index (χ3n) is 2.25. The van der Waals surface area contributed by atoms with Gasteiger partial charge in [0.25, 0.3) is 0 Å². The van der Waals surface area contributed by atoms with Crippen LogP contribution in [0.4, 0.5) is 0 Å². The number of aromatic carboxylic acids is 1. The van der Waals surface area contributed by atoms with Crippen LogP contribution in [-0.2, 0) is 5.75 Å². The lowest BCUT2D eigenvalue weighted by molar-refractivity contribution is 0.0697. The molecule has 16 heavy (non-hydrogen) atoms. The Kier molecular flexibility index (Phi) is 4.03. The highest BCUT2D eigenvalue weighted by Gasteiger charge is 2.12. The van der Waals surface area contributed by atoms with Gasteiger partial charge in [-0.1, -0.05) is 26.8 Å². The smallest absolute Gasteiger partial charge is 0.335 e. The highest BCUT2D eigenvalue weighted by atomic mass is 32.2. The van der Waals surface area contributed by atoms with E-state index in [1.165, 1.54) is 5.56 Å². The first kappa shape index (κ1) is 13.1. The van der Waals surface area contributed by atoms with Crippen LogP contribution < -0.4 is 0 Å². The van der Waals surface area contributed by atoms with Gasteiger partial charge in [-0.05, 0) is 30.2 Å². The molecule has 0 unspecified atom stereocenters. The van der Waals surface area contributed by atoms with Crippen LogP contribution in [0, 0.1) is 6.92 Å². The van der Waals surface area contributed by atoms with Crippen molar-refractivity contribution >= 4 is 17.7 Å². The number of benzene rings is 1. The zero-order chi connectivity index (χ0) is 12.3. The second-order valence-corrected chi connectivity index (χ2v) is 6.65. The first-order valence-electron chi connectivity index (χ1n) is 5.26. The third-order valence-corrected chi connectivity index (χ3v) is 3.57. The fraction of sp³-hybridized carbons (Fsp3) is 0.462. The summed E-state index contributed by atoms with van der Waals surface area (Å²) in [4.78, 5) is 10.8. The lowest BCUT2D eigenvalue weighted by Gasteiger charge is -2.18. The molecule has 0 aromatic heterocycles. The molecule has 0 amide bonds. The molecule has 2 nitrogen and oxygen atoms in total. The van der Waals surface area contributed by atoms with Crippen molar-refractivity contribution in [2.45, 2.75) is 38.2 Å². The lowest BCUT2D eigenvalue weighted by atomic mass is 10.1. The van der Waals surface area contributed by atoms with Crippen LogP contribution in [0.3, 0.4) is 0 Å². The molecule has 0 radical (unpaired) electrons. The van der Waals surface area contributed by atoms with E-state index < -0.39 is 5.97 Å². The van der Waals surface area contributed by atoms with Gasteiger partial charge < -0.3 is 5.11 Å². The number of hydrogen-bond donors (Lipinski definition) is 1. The molecule has 0 atom stereocenters. The number of thioether (sulfide) groups is 1. The third kappa shape index (κ3) is 3.89. The molecule has 88 valence electrons. The maximum absolute atomic E-state index is 10.8. The Morgan fingerprint density at radius 3 is 2.44 bits per heavy atom. The summed E-state index contributed by atoms with van der Waals surface area (Å²) in [5, 5.41) is 8.85. The van der Waals surface area contributed by atoms with Gasteiger partial charge in [0.05, 0.1) is 5.56 Å². The number of rotatable bonds is 3. The zero-order valence-electron chi connectivity index (χ0n) is 10.2. The van der Waals surface area contributed by atoms with Crippen molar-refractivity contribution in [3.05, 3.63) is 34.9 Å². The van der Waals surface area contributed by atoms with Crippen LogP contribution in [0.15, 0.2) is 18.2 Å². The van der Waals surface area contributed by atoms with Crippen LogP contribution in [-0.4, -0.2) is 15.8 Å². The van der Waals surface area contributed by atoms with Gasteiger partial charge in [0.1, 0.15) is 0 Å². The van der Waals surface area contributed by atoms with Crippen molar-refractivity contribution in [3.63, 3.8) is 0 Å². The predicted molar refractivity (Wildman–Crippen MR) is 69.2 cm³/mol. The van der Waals surface area contributed by atoms with Gasteiger partial charge in [0, 0.05) is 10.5 Å². The number of carboxylic acid groups (broad SMARTS) is 1. The maximum Gasteiger partial charge on any atom is 0.335 e. The van der Waals surface area contributed by atoms with Crippen molar-refractivity contribution in [2.75, 3.05) is 0 Å². The minimum Gasteiger partial charge on any atom is -0.478 e. The van der Waals surface area contributed by atoms with Gasteiger partial charge in [-0.15, -0.1) is 0 Å². The van der Waals surface area contributed by atoms with Crippen molar-refractivity contribution < 1.29 is 9.90 Å². The highest BCUT2D eigenvalue weighted by molar-refractivity contribution is 7.99. The van der Waals surface area contributed by atoms with E-state index in [1.54, 1.807) is 12.1 Å². The fourth-order valence-electron chi connectivity index (χ4n) is 1.29. The first-order chi connectivity index (χ1) is 7.29. The van der Waals surface area contributed by atoms with E-state index in [2.05, 4.69) is 20.8 Å². The van der Waals surface area contributed by atoms with E-state index in [0.29, 0.717) is 5.56 Å².